The van der Waals surface area contributed by atoms with E-state index in [1.54, 1.807) is 12.3 Å². The van der Waals surface area contributed by atoms with Gasteiger partial charge < -0.3 is 9.88 Å². The van der Waals surface area contributed by atoms with Gasteiger partial charge in [0.15, 0.2) is 0 Å². The number of nitrogens with one attached hydrogen (secondary N) is 1. The van der Waals surface area contributed by atoms with Crippen LogP contribution >= 0.6 is 0 Å². The number of carbonyl (C=O) groups excluding carboxylic acids is 1. The van der Waals surface area contributed by atoms with Crippen LogP contribution in [-0.4, -0.2) is 17.0 Å². The van der Waals surface area contributed by atoms with Gasteiger partial charge in [-0.15, -0.1) is 0 Å². The van der Waals surface area contributed by atoms with Crippen LogP contribution in [0, 0.1) is 5.92 Å². The lowest BCUT2D eigenvalue weighted by molar-refractivity contribution is -0.121. The summed E-state index contributed by atoms with van der Waals surface area (Å²) < 4.78 is 1.45. The molecule has 0 fully saturated rings. The number of benzene rings is 1. The van der Waals surface area contributed by atoms with Gasteiger partial charge in [-0.25, -0.2) is 0 Å². The lowest BCUT2D eigenvalue weighted by Crippen LogP contribution is -2.33. The highest BCUT2D eigenvalue weighted by Gasteiger charge is 2.06. The lowest BCUT2D eigenvalue weighted by Gasteiger charge is -2.09. The number of carbonyl (C=O) groups is 1. The second-order valence-electron chi connectivity index (χ2n) is 5.37. The van der Waals surface area contributed by atoms with Crippen molar-refractivity contribution in [3.05, 3.63) is 46.9 Å². The van der Waals surface area contributed by atoms with E-state index in [-0.39, 0.29) is 18.0 Å². The molecule has 0 spiro atoms. The molecular formula is C16H20N2O2. The molecule has 4 heteroatoms. The van der Waals surface area contributed by atoms with Crippen molar-refractivity contribution >= 4 is 16.7 Å². The second-order valence-corrected chi connectivity index (χ2v) is 5.37. The summed E-state index contributed by atoms with van der Waals surface area (Å²) in [5, 5.41) is 4.38. The van der Waals surface area contributed by atoms with Crippen molar-refractivity contribution in [3.8, 4) is 0 Å². The Bertz CT molecular complexity index is 659. The fraction of sp³-hybridized carbons (Fsp3) is 0.375. The monoisotopic (exact) mass is 272 g/mol. The first-order valence-corrected chi connectivity index (χ1v) is 6.93. The summed E-state index contributed by atoms with van der Waals surface area (Å²) in [5.41, 5.74) is -0.123. The van der Waals surface area contributed by atoms with Crippen LogP contribution in [-0.2, 0) is 11.3 Å². The molecule has 0 bridgehead atoms. The zero-order chi connectivity index (χ0) is 14.5. The molecule has 0 radical (unpaired) electrons. The average Bonchev–Trinajstić information content (AvgIpc) is 2.42. The number of rotatable bonds is 5. The minimum absolute atomic E-state index is 0.0712. The van der Waals surface area contributed by atoms with E-state index in [0.29, 0.717) is 17.8 Å². The van der Waals surface area contributed by atoms with Crippen molar-refractivity contribution in [2.75, 3.05) is 6.54 Å². The summed E-state index contributed by atoms with van der Waals surface area (Å²) in [5.74, 6) is 0.432. The van der Waals surface area contributed by atoms with Crippen LogP contribution < -0.4 is 10.9 Å². The first kappa shape index (κ1) is 14.3. The summed E-state index contributed by atoms with van der Waals surface area (Å²) in [7, 11) is 0. The molecule has 2 rings (SSSR count). The molecule has 20 heavy (non-hydrogen) atoms. The quantitative estimate of drug-likeness (QED) is 0.907. The number of pyridine rings is 1. The highest BCUT2D eigenvalue weighted by molar-refractivity contribution is 5.82. The Morgan fingerprint density at radius 2 is 2.00 bits per heavy atom. The number of amides is 1. The Hall–Kier alpha value is -2.10. The van der Waals surface area contributed by atoms with Crippen molar-refractivity contribution in [3.63, 3.8) is 0 Å². The first-order chi connectivity index (χ1) is 9.58. The highest BCUT2D eigenvalue weighted by Crippen LogP contribution is 2.07. The largest absolute Gasteiger partial charge is 0.355 e. The number of hydrogen-bond acceptors (Lipinski definition) is 2. The van der Waals surface area contributed by atoms with Crippen molar-refractivity contribution < 1.29 is 4.79 Å². The van der Waals surface area contributed by atoms with Crippen LogP contribution in [0.1, 0.15) is 20.3 Å². The third-order valence-corrected chi connectivity index (χ3v) is 3.24. The first-order valence-electron chi connectivity index (χ1n) is 6.93. The molecule has 2 aromatic rings. The Kier molecular flexibility index (Phi) is 4.56. The van der Waals surface area contributed by atoms with Crippen LogP contribution in [0.2, 0.25) is 0 Å². The van der Waals surface area contributed by atoms with E-state index >= 15 is 0 Å². The van der Waals surface area contributed by atoms with Crippen LogP contribution in [0.3, 0.4) is 0 Å². The van der Waals surface area contributed by atoms with E-state index in [1.165, 1.54) is 4.57 Å². The molecule has 0 aliphatic rings. The van der Waals surface area contributed by atoms with Crippen LogP contribution in [0.4, 0.5) is 0 Å². The van der Waals surface area contributed by atoms with E-state index in [4.69, 9.17) is 0 Å². The molecule has 0 aliphatic carbocycles. The average molecular weight is 272 g/mol. The maximum atomic E-state index is 12.2. The maximum absolute atomic E-state index is 12.2. The van der Waals surface area contributed by atoms with Gasteiger partial charge in [0.2, 0.25) is 5.91 Å². The SMILES string of the molecule is CC(C)CCNC(=O)Cn1ccc2ccccc2c1=O. The van der Waals surface area contributed by atoms with Gasteiger partial charge in [0.1, 0.15) is 6.54 Å². The summed E-state index contributed by atoms with van der Waals surface area (Å²) >= 11 is 0. The Morgan fingerprint density at radius 1 is 1.25 bits per heavy atom. The predicted octanol–water partition coefficient (Wildman–Crippen LogP) is 2.16. The van der Waals surface area contributed by atoms with Crippen molar-refractivity contribution in [2.24, 2.45) is 5.92 Å². The van der Waals surface area contributed by atoms with Crippen LogP contribution in [0.5, 0.6) is 0 Å². The topological polar surface area (TPSA) is 51.1 Å². The summed E-state index contributed by atoms with van der Waals surface area (Å²) in [6, 6.07) is 9.26. The second kappa shape index (κ2) is 6.37. The molecular weight excluding hydrogens is 252 g/mol. The zero-order valence-electron chi connectivity index (χ0n) is 11.9. The fourth-order valence-electron chi connectivity index (χ4n) is 2.07. The van der Waals surface area contributed by atoms with Gasteiger partial charge in [0.05, 0.1) is 0 Å². The molecule has 106 valence electrons. The lowest BCUT2D eigenvalue weighted by atomic mass is 10.1. The van der Waals surface area contributed by atoms with Gasteiger partial charge in [-0.1, -0.05) is 32.0 Å². The third kappa shape index (κ3) is 3.47. The third-order valence-electron chi connectivity index (χ3n) is 3.24. The van der Waals surface area contributed by atoms with Gasteiger partial charge in [-0.05, 0) is 29.9 Å². The molecule has 1 aromatic heterocycles. The molecule has 1 aromatic carbocycles. The molecule has 0 aliphatic heterocycles. The standard InChI is InChI=1S/C16H20N2O2/c1-12(2)7-9-17-15(19)11-18-10-8-13-5-3-4-6-14(13)16(18)20/h3-6,8,10,12H,7,9,11H2,1-2H3,(H,17,19). The summed E-state index contributed by atoms with van der Waals surface area (Å²) in [6.45, 7) is 4.95. The maximum Gasteiger partial charge on any atom is 0.258 e. The summed E-state index contributed by atoms with van der Waals surface area (Å²) in [4.78, 5) is 24.0. The van der Waals surface area contributed by atoms with E-state index in [2.05, 4.69) is 19.2 Å². The summed E-state index contributed by atoms with van der Waals surface area (Å²) in [6.07, 6.45) is 2.62. The Balaban J connectivity index is 2.08. The smallest absolute Gasteiger partial charge is 0.258 e. The van der Waals surface area contributed by atoms with Gasteiger partial charge in [-0.2, -0.15) is 0 Å². The fourth-order valence-corrected chi connectivity index (χ4v) is 2.07. The highest BCUT2D eigenvalue weighted by atomic mass is 16.2. The number of aromatic nitrogens is 1. The molecule has 0 saturated heterocycles. The van der Waals surface area contributed by atoms with Gasteiger partial charge >= 0.3 is 0 Å². The van der Waals surface area contributed by atoms with E-state index in [1.807, 2.05) is 24.3 Å². The number of fused-ring (bicyclic) bond motifs is 1. The molecule has 0 atom stereocenters. The minimum Gasteiger partial charge on any atom is -0.355 e. The Labute approximate surface area is 118 Å². The van der Waals surface area contributed by atoms with Crippen LogP contribution in [0.15, 0.2) is 41.3 Å². The number of hydrogen-bond donors (Lipinski definition) is 1. The van der Waals surface area contributed by atoms with Crippen LogP contribution in [0.25, 0.3) is 10.8 Å². The van der Waals surface area contributed by atoms with E-state index < -0.39 is 0 Å². The molecule has 4 nitrogen and oxygen atoms in total. The van der Waals surface area contributed by atoms with E-state index in [0.717, 1.165) is 11.8 Å². The molecule has 1 heterocycles. The molecule has 0 unspecified atom stereocenters. The normalized spacial score (nSPS) is 10.9. The molecule has 1 N–H and O–H groups in total. The van der Waals surface area contributed by atoms with Gasteiger partial charge in [0.25, 0.3) is 5.56 Å². The molecule has 0 saturated carbocycles. The minimum atomic E-state index is -0.123. The van der Waals surface area contributed by atoms with Crippen molar-refractivity contribution in [1.29, 1.82) is 0 Å². The predicted molar refractivity (Wildman–Crippen MR) is 80.7 cm³/mol. The van der Waals surface area contributed by atoms with Gasteiger partial charge in [-0.3, -0.25) is 9.59 Å². The Morgan fingerprint density at radius 3 is 2.75 bits per heavy atom. The van der Waals surface area contributed by atoms with Crippen molar-refractivity contribution in [2.45, 2.75) is 26.8 Å². The zero-order valence-corrected chi connectivity index (χ0v) is 11.9. The van der Waals surface area contributed by atoms with E-state index in [9.17, 15) is 9.59 Å². The number of nitrogens with zero attached hydrogens (tertiary/aromatic N) is 1. The molecule has 1 amide bonds. The van der Waals surface area contributed by atoms with Gasteiger partial charge in [0, 0.05) is 18.1 Å². The van der Waals surface area contributed by atoms with Crippen molar-refractivity contribution in [1.82, 2.24) is 9.88 Å².